The number of rotatable bonds is 1. The fourth-order valence-electron chi connectivity index (χ4n) is 3.08. The minimum Gasteiger partial charge on any atom is -0.334 e. The standard InChI is InChI=1S/C16H18ClN3O3/c1-10-14(21)20-8-7-19(9-13(20)16(23)18(10)2)15(22)11-5-3-4-6-12(11)17/h3-6,10,13H,7-9H2,1-2H3/t10-,13+/m0/s1. The first kappa shape index (κ1) is 15.8. The molecule has 1 aromatic rings. The van der Waals surface area contributed by atoms with Gasteiger partial charge < -0.3 is 14.7 Å². The Morgan fingerprint density at radius 2 is 1.87 bits per heavy atom. The van der Waals surface area contributed by atoms with E-state index in [-0.39, 0.29) is 24.3 Å². The summed E-state index contributed by atoms with van der Waals surface area (Å²) in [6, 6.07) is 5.78. The summed E-state index contributed by atoms with van der Waals surface area (Å²) in [6.45, 7) is 2.68. The molecule has 2 fully saturated rings. The Balaban J connectivity index is 1.82. The van der Waals surface area contributed by atoms with Crippen molar-refractivity contribution in [3.63, 3.8) is 0 Å². The zero-order chi connectivity index (χ0) is 16.7. The average Bonchev–Trinajstić information content (AvgIpc) is 2.57. The highest BCUT2D eigenvalue weighted by Crippen LogP contribution is 2.23. The van der Waals surface area contributed by atoms with E-state index in [0.717, 1.165) is 0 Å². The first-order chi connectivity index (χ1) is 10.9. The van der Waals surface area contributed by atoms with E-state index < -0.39 is 12.1 Å². The maximum Gasteiger partial charge on any atom is 0.255 e. The smallest absolute Gasteiger partial charge is 0.255 e. The Bertz CT molecular complexity index is 678. The summed E-state index contributed by atoms with van der Waals surface area (Å²) >= 11 is 6.08. The molecule has 6 nitrogen and oxygen atoms in total. The Morgan fingerprint density at radius 1 is 1.17 bits per heavy atom. The highest BCUT2D eigenvalue weighted by atomic mass is 35.5. The van der Waals surface area contributed by atoms with Crippen molar-refractivity contribution in [3.05, 3.63) is 34.9 Å². The van der Waals surface area contributed by atoms with Crippen molar-refractivity contribution in [2.24, 2.45) is 0 Å². The SMILES string of the molecule is C[C@H]1C(=O)N2CCN(C(=O)c3ccccc3Cl)C[C@@H]2C(=O)N1C. The van der Waals surface area contributed by atoms with Crippen molar-refractivity contribution in [2.45, 2.75) is 19.0 Å². The lowest BCUT2D eigenvalue weighted by molar-refractivity contribution is -0.162. The van der Waals surface area contributed by atoms with E-state index in [0.29, 0.717) is 23.7 Å². The third-order valence-electron chi connectivity index (χ3n) is 4.63. The molecular formula is C16H18ClN3O3. The van der Waals surface area contributed by atoms with Crippen molar-refractivity contribution in [2.75, 3.05) is 26.7 Å². The monoisotopic (exact) mass is 335 g/mol. The minimum atomic E-state index is -0.608. The number of carbonyl (C=O) groups is 3. The molecule has 0 aromatic heterocycles. The normalized spacial score (nSPS) is 24.7. The Hall–Kier alpha value is -2.08. The van der Waals surface area contributed by atoms with Gasteiger partial charge in [0.05, 0.1) is 17.1 Å². The van der Waals surface area contributed by atoms with Crippen LogP contribution in [0.4, 0.5) is 0 Å². The molecule has 122 valence electrons. The summed E-state index contributed by atoms with van der Waals surface area (Å²) in [5, 5.41) is 0.386. The van der Waals surface area contributed by atoms with Gasteiger partial charge in [-0.05, 0) is 19.1 Å². The minimum absolute atomic E-state index is 0.0676. The summed E-state index contributed by atoms with van der Waals surface area (Å²) in [5.41, 5.74) is 0.416. The molecule has 3 rings (SSSR count). The fourth-order valence-corrected chi connectivity index (χ4v) is 3.30. The Labute approximate surface area is 139 Å². The molecule has 0 spiro atoms. The third kappa shape index (κ3) is 2.57. The van der Waals surface area contributed by atoms with Crippen LogP contribution in [-0.4, -0.2) is 71.2 Å². The molecule has 0 N–H and O–H groups in total. The molecule has 2 heterocycles. The molecule has 0 bridgehead atoms. The largest absolute Gasteiger partial charge is 0.334 e. The molecular weight excluding hydrogens is 318 g/mol. The molecule has 2 saturated heterocycles. The summed E-state index contributed by atoms with van der Waals surface area (Å²) in [5.74, 6) is -0.410. The molecule has 2 atom stereocenters. The Morgan fingerprint density at radius 3 is 2.57 bits per heavy atom. The van der Waals surface area contributed by atoms with E-state index >= 15 is 0 Å². The number of hydrogen-bond acceptors (Lipinski definition) is 3. The van der Waals surface area contributed by atoms with Gasteiger partial charge in [-0.15, -0.1) is 0 Å². The molecule has 0 aliphatic carbocycles. The second-order valence-corrected chi connectivity index (χ2v) is 6.31. The predicted octanol–water partition coefficient (Wildman–Crippen LogP) is 0.853. The lowest BCUT2D eigenvalue weighted by Crippen LogP contribution is -2.69. The van der Waals surface area contributed by atoms with Crippen molar-refractivity contribution < 1.29 is 14.4 Å². The number of amides is 3. The summed E-state index contributed by atoms with van der Waals surface area (Å²) < 4.78 is 0. The molecule has 0 unspecified atom stereocenters. The van der Waals surface area contributed by atoms with E-state index in [9.17, 15) is 14.4 Å². The second-order valence-electron chi connectivity index (χ2n) is 5.90. The first-order valence-corrected chi connectivity index (χ1v) is 7.90. The lowest BCUT2D eigenvalue weighted by atomic mass is 10.0. The van der Waals surface area contributed by atoms with Gasteiger partial charge in [-0.2, -0.15) is 0 Å². The van der Waals surface area contributed by atoms with E-state index in [1.54, 1.807) is 48.0 Å². The number of likely N-dealkylation sites (N-methyl/N-ethyl adjacent to an activating group) is 1. The average molecular weight is 336 g/mol. The van der Waals surface area contributed by atoms with Gasteiger partial charge in [-0.1, -0.05) is 23.7 Å². The zero-order valence-corrected chi connectivity index (χ0v) is 13.8. The number of nitrogens with zero attached hydrogens (tertiary/aromatic N) is 3. The molecule has 2 aliphatic heterocycles. The van der Waals surface area contributed by atoms with Crippen LogP contribution in [-0.2, 0) is 9.59 Å². The third-order valence-corrected chi connectivity index (χ3v) is 4.96. The van der Waals surface area contributed by atoms with Crippen LogP contribution in [0.25, 0.3) is 0 Å². The lowest BCUT2D eigenvalue weighted by Gasteiger charge is -2.47. The van der Waals surface area contributed by atoms with Crippen molar-refractivity contribution in [3.8, 4) is 0 Å². The Kier molecular flexibility index (Phi) is 4.02. The summed E-state index contributed by atoms with van der Waals surface area (Å²) in [7, 11) is 1.62. The maximum atomic E-state index is 12.6. The quantitative estimate of drug-likeness (QED) is 0.764. The van der Waals surface area contributed by atoms with Crippen LogP contribution in [0.2, 0.25) is 5.02 Å². The van der Waals surface area contributed by atoms with Crippen molar-refractivity contribution in [1.82, 2.24) is 14.7 Å². The number of piperazine rings is 2. The van der Waals surface area contributed by atoms with Crippen LogP contribution in [0.5, 0.6) is 0 Å². The van der Waals surface area contributed by atoms with Gasteiger partial charge in [0.1, 0.15) is 12.1 Å². The van der Waals surface area contributed by atoms with E-state index in [1.807, 2.05) is 0 Å². The van der Waals surface area contributed by atoms with Crippen molar-refractivity contribution in [1.29, 1.82) is 0 Å². The van der Waals surface area contributed by atoms with Crippen molar-refractivity contribution >= 4 is 29.3 Å². The van der Waals surface area contributed by atoms with Gasteiger partial charge in [-0.25, -0.2) is 0 Å². The molecule has 3 amide bonds. The summed E-state index contributed by atoms with van der Waals surface area (Å²) in [6.07, 6.45) is 0. The topological polar surface area (TPSA) is 60.9 Å². The van der Waals surface area contributed by atoms with Crippen LogP contribution < -0.4 is 0 Å². The van der Waals surface area contributed by atoms with Gasteiger partial charge in [0.15, 0.2) is 0 Å². The molecule has 0 saturated carbocycles. The van der Waals surface area contributed by atoms with Gasteiger partial charge in [0.25, 0.3) is 5.91 Å². The highest BCUT2D eigenvalue weighted by molar-refractivity contribution is 6.33. The zero-order valence-electron chi connectivity index (χ0n) is 13.0. The van der Waals surface area contributed by atoms with Crippen LogP contribution in [0, 0.1) is 0 Å². The second kappa shape index (κ2) is 5.85. The molecule has 1 aromatic carbocycles. The van der Waals surface area contributed by atoms with Gasteiger partial charge in [0, 0.05) is 20.1 Å². The number of carbonyl (C=O) groups excluding carboxylic acids is 3. The van der Waals surface area contributed by atoms with E-state index in [4.69, 9.17) is 11.6 Å². The van der Waals surface area contributed by atoms with Gasteiger partial charge in [0.2, 0.25) is 11.8 Å². The predicted molar refractivity (Wildman–Crippen MR) is 85.1 cm³/mol. The van der Waals surface area contributed by atoms with Crippen LogP contribution in [0.15, 0.2) is 24.3 Å². The van der Waals surface area contributed by atoms with Crippen LogP contribution in [0.1, 0.15) is 17.3 Å². The number of halogens is 1. The molecule has 0 radical (unpaired) electrons. The number of fused-ring (bicyclic) bond motifs is 1. The summed E-state index contributed by atoms with van der Waals surface area (Å²) in [4.78, 5) is 42.1. The van der Waals surface area contributed by atoms with Gasteiger partial charge >= 0.3 is 0 Å². The fraction of sp³-hybridized carbons (Fsp3) is 0.438. The molecule has 2 aliphatic rings. The highest BCUT2D eigenvalue weighted by Gasteiger charge is 2.45. The van der Waals surface area contributed by atoms with E-state index in [2.05, 4.69) is 0 Å². The number of hydrogen-bond donors (Lipinski definition) is 0. The van der Waals surface area contributed by atoms with Crippen LogP contribution in [0.3, 0.4) is 0 Å². The first-order valence-electron chi connectivity index (χ1n) is 7.52. The van der Waals surface area contributed by atoms with E-state index in [1.165, 1.54) is 4.90 Å². The van der Waals surface area contributed by atoms with Crippen LogP contribution >= 0.6 is 11.6 Å². The molecule has 23 heavy (non-hydrogen) atoms. The maximum absolute atomic E-state index is 12.6. The number of benzene rings is 1. The molecule has 7 heteroatoms. The van der Waals surface area contributed by atoms with Gasteiger partial charge in [-0.3, -0.25) is 14.4 Å².